The van der Waals surface area contributed by atoms with Gasteiger partial charge < -0.3 is 15.5 Å². The van der Waals surface area contributed by atoms with Gasteiger partial charge >= 0.3 is 0 Å². The monoisotopic (exact) mass is 535 g/mol. The van der Waals surface area contributed by atoms with Crippen molar-refractivity contribution in [1.29, 1.82) is 0 Å². The van der Waals surface area contributed by atoms with Gasteiger partial charge in [-0.15, -0.1) is 0 Å². The Balaban J connectivity index is 3.60. The van der Waals surface area contributed by atoms with Gasteiger partial charge in [-0.1, -0.05) is 154 Å². The molecule has 4 heteroatoms. The molecule has 0 aliphatic carbocycles. The van der Waals surface area contributed by atoms with Crippen LogP contribution in [0.3, 0.4) is 0 Å². The van der Waals surface area contributed by atoms with Crippen LogP contribution in [0.5, 0.6) is 0 Å². The minimum absolute atomic E-state index is 0.0764. The van der Waals surface area contributed by atoms with Gasteiger partial charge in [0.15, 0.2) is 0 Å². The predicted molar refractivity (Wildman–Crippen MR) is 165 cm³/mol. The van der Waals surface area contributed by atoms with Gasteiger partial charge in [-0.25, -0.2) is 0 Å². The maximum Gasteiger partial charge on any atom is 0.220 e. The highest BCUT2D eigenvalue weighted by atomic mass is 16.3. The van der Waals surface area contributed by atoms with E-state index in [4.69, 9.17) is 0 Å². The lowest BCUT2D eigenvalue weighted by Gasteiger charge is -2.19. The molecule has 0 fully saturated rings. The van der Waals surface area contributed by atoms with Crippen molar-refractivity contribution in [3.05, 3.63) is 24.3 Å². The number of hydrogen-bond donors (Lipinski definition) is 3. The van der Waals surface area contributed by atoms with E-state index in [0.717, 1.165) is 32.1 Å². The second kappa shape index (κ2) is 30.4. The third-order valence-electron chi connectivity index (χ3n) is 7.44. The molecule has 0 aliphatic rings. The summed E-state index contributed by atoms with van der Waals surface area (Å²) >= 11 is 0. The van der Waals surface area contributed by atoms with Crippen molar-refractivity contribution < 1.29 is 15.0 Å². The van der Waals surface area contributed by atoms with Crippen LogP contribution in [-0.4, -0.2) is 34.9 Å². The SMILES string of the molecule is CCCCC/C=C/CC/C=C/[C@@H](O)[C@H](CO)NC(=O)CCCCCCCCCCCCCCCCCCC. The van der Waals surface area contributed by atoms with E-state index in [-0.39, 0.29) is 12.5 Å². The molecule has 0 rings (SSSR count). The predicted octanol–water partition coefficient (Wildman–Crippen LogP) is 9.34. The largest absolute Gasteiger partial charge is 0.394 e. The number of carbonyl (C=O) groups excluding carboxylic acids is 1. The zero-order chi connectivity index (χ0) is 27.9. The first-order chi connectivity index (χ1) is 18.7. The number of nitrogens with one attached hydrogen (secondary N) is 1. The summed E-state index contributed by atoms with van der Waals surface area (Å²) in [5, 5.41) is 22.7. The van der Waals surface area contributed by atoms with E-state index in [0.29, 0.717) is 6.42 Å². The highest BCUT2D eigenvalue weighted by molar-refractivity contribution is 5.76. The molecule has 224 valence electrons. The fraction of sp³-hybridized carbons (Fsp3) is 0.853. The minimum Gasteiger partial charge on any atom is -0.394 e. The molecule has 0 saturated heterocycles. The molecule has 3 N–H and O–H groups in total. The minimum atomic E-state index is -0.854. The number of allylic oxidation sites excluding steroid dienone is 3. The normalized spacial score (nSPS) is 13.5. The Morgan fingerprint density at radius 1 is 0.605 bits per heavy atom. The van der Waals surface area contributed by atoms with Crippen molar-refractivity contribution in [1.82, 2.24) is 5.32 Å². The summed E-state index contributed by atoms with van der Waals surface area (Å²) in [5.74, 6) is -0.0764. The van der Waals surface area contributed by atoms with Gasteiger partial charge in [0.25, 0.3) is 0 Å². The van der Waals surface area contributed by atoms with Gasteiger partial charge in [-0.05, 0) is 32.1 Å². The molecular formula is C34H65NO3. The highest BCUT2D eigenvalue weighted by Crippen LogP contribution is 2.14. The van der Waals surface area contributed by atoms with E-state index in [1.807, 2.05) is 6.08 Å². The molecule has 4 nitrogen and oxygen atoms in total. The molecule has 0 aromatic rings. The van der Waals surface area contributed by atoms with Gasteiger partial charge in [-0.3, -0.25) is 4.79 Å². The summed E-state index contributed by atoms with van der Waals surface area (Å²) in [4.78, 5) is 12.2. The average molecular weight is 536 g/mol. The van der Waals surface area contributed by atoms with E-state index < -0.39 is 12.1 Å². The van der Waals surface area contributed by atoms with Gasteiger partial charge in [0, 0.05) is 6.42 Å². The molecule has 0 heterocycles. The molecular weight excluding hydrogens is 470 g/mol. The van der Waals surface area contributed by atoms with Crippen molar-refractivity contribution in [2.24, 2.45) is 0 Å². The first-order valence-electron chi connectivity index (χ1n) is 16.6. The quantitative estimate of drug-likeness (QED) is 0.0660. The maximum absolute atomic E-state index is 12.2. The molecule has 0 radical (unpaired) electrons. The zero-order valence-electron chi connectivity index (χ0n) is 25.4. The van der Waals surface area contributed by atoms with Gasteiger partial charge in [0.2, 0.25) is 5.91 Å². The lowest BCUT2D eigenvalue weighted by atomic mass is 10.0. The van der Waals surface area contributed by atoms with Crippen molar-refractivity contribution >= 4 is 5.91 Å². The standard InChI is InChI=1S/C34H65NO3/c1-3-5-7-9-11-13-14-15-16-17-18-19-20-22-24-26-28-30-34(38)35-32(31-36)33(37)29-27-25-23-21-12-10-8-6-4-2/h12,21,27,29,32-33,36-37H,3-11,13-20,22-26,28,30-31H2,1-2H3,(H,35,38)/b21-12+,29-27+/t32-,33+/m0/s1. The summed E-state index contributed by atoms with van der Waals surface area (Å²) < 4.78 is 0. The summed E-state index contributed by atoms with van der Waals surface area (Å²) in [7, 11) is 0. The fourth-order valence-corrected chi connectivity index (χ4v) is 4.84. The van der Waals surface area contributed by atoms with Crippen molar-refractivity contribution in [2.45, 2.75) is 180 Å². The number of aliphatic hydroxyl groups excluding tert-OH is 2. The van der Waals surface area contributed by atoms with Crippen LogP contribution in [-0.2, 0) is 4.79 Å². The Hall–Kier alpha value is -1.13. The second-order valence-electron chi connectivity index (χ2n) is 11.2. The number of unbranched alkanes of at least 4 members (excludes halogenated alkanes) is 20. The third-order valence-corrected chi connectivity index (χ3v) is 7.44. The number of hydrogen-bond acceptors (Lipinski definition) is 3. The Bertz CT molecular complexity index is 546. The number of rotatable bonds is 29. The van der Waals surface area contributed by atoms with E-state index in [9.17, 15) is 15.0 Å². The molecule has 0 bridgehead atoms. The molecule has 0 spiro atoms. The first-order valence-corrected chi connectivity index (χ1v) is 16.6. The highest BCUT2D eigenvalue weighted by Gasteiger charge is 2.17. The smallest absolute Gasteiger partial charge is 0.220 e. The van der Waals surface area contributed by atoms with Gasteiger partial charge in [0.1, 0.15) is 0 Å². The summed E-state index contributed by atoms with van der Waals surface area (Å²) in [6.45, 7) is 4.23. The van der Waals surface area contributed by atoms with Crippen molar-refractivity contribution in [3.8, 4) is 0 Å². The van der Waals surface area contributed by atoms with E-state index >= 15 is 0 Å². The van der Waals surface area contributed by atoms with Crippen LogP contribution in [0.2, 0.25) is 0 Å². The molecule has 0 unspecified atom stereocenters. The molecule has 2 atom stereocenters. The van der Waals surface area contributed by atoms with Crippen LogP contribution in [0.15, 0.2) is 24.3 Å². The molecule has 0 aliphatic heterocycles. The number of aliphatic hydroxyl groups is 2. The molecule has 1 amide bonds. The van der Waals surface area contributed by atoms with Crippen molar-refractivity contribution in [3.63, 3.8) is 0 Å². The molecule has 0 aromatic heterocycles. The Kier molecular flexibility index (Phi) is 29.5. The van der Waals surface area contributed by atoms with E-state index in [1.165, 1.54) is 116 Å². The van der Waals surface area contributed by atoms with Crippen LogP contribution in [0.25, 0.3) is 0 Å². The Morgan fingerprint density at radius 3 is 1.53 bits per heavy atom. The van der Waals surface area contributed by atoms with Crippen LogP contribution in [0, 0.1) is 0 Å². The second-order valence-corrected chi connectivity index (χ2v) is 11.2. The first kappa shape index (κ1) is 36.9. The van der Waals surface area contributed by atoms with E-state index in [1.54, 1.807) is 6.08 Å². The third kappa shape index (κ3) is 26.5. The van der Waals surface area contributed by atoms with Crippen LogP contribution < -0.4 is 5.32 Å². The topological polar surface area (TPSA) is 69.6 Å². The van der Waals surface area contributed by atoms with E-state index in [2.05, 4.69) is 31.3 Å². The lowest BCUT2D eigenvalue weighted by molar-refractivity contribution is -0.123. The van der Waals surface area contributed by atoms with Crippen LogP contribution in [0.4, 0.5) is 0 Å². The maximum atomic E-state index is 12.2. The fourth-order valence-electron chi connectivity index (χ4n) is 4.84. The summed E-state index contributed by atoms with van der Waals surface area (Å²) in [6, 6.07) is -0.630. The average Bonchev–Trinajstić information content (AvgIpc) is 2.92. The summed E-state index contributed by atoms with van der Waals surface area (Å²) in [6.07, 6.45) is 36.9. The van der Waals surface area contributed by atoms with Gasteiger partial charge in [-0.2, -0.15) is 0 Å². The molecule has 38 heavy (non-hydrogen) atoms. The number of carbonyl (C=O) groups is 1. The molecule has 0 aromatic carbocycles. The van der Waals surface area contributed by atoms with Crippen LogP contribution in [0.1, 0.15) is 168 Å². The summed E-state index contributed by atoms with van der Waals surface area (Å²) in [5.41, 5.74) is 0. The molecule has 0 saturated carbocycles. The number of amides is 1. The zero-order valence-corrected chi connectivity index (χ0v) is 25.4. The van der Waals surface area contributed by atoms with Gasteiger partial charge in [0.05, 0.1) is 18.8 Å². The Labute approximate surface area is 237 Å². The lowest BCUT2D eigenvalue weighted by Crippen LogP contribution is -2.45. The Morgan fingerprint density at radius 2 is 1.03 bits per heavy atom. The van der Waals surface area contributed by atoms with Crippen molar-refractivity contribution in [2.75, 3.05) is 6.61 Å². The van der Waals surface area contributed by atoms with Crippen LogP contribution >= 0.6 is 0 Å².